The average molecular weight is 388 g/mol. The van der Waals surface area contributed by atoms with Crippen molar-refractivity contribution in [2.75, 3.05) is 43.2 Å². The van der Waals surface area contributed by atoms with Crippen LogP contribution in [0.25, 0.3) is 0 Å². The van der Waals surface area contributed by atoms with E-state index in [9.17, 15) is 9.18 Å². The number of thioether (sulfide) groups is 1. The number of halogens is 1. The molecule has 4 nitrogen and oxygen atoms in total. The molecule has 1 amide bonds. The van der Waals surface area contributed by atoms with Crippen LogP contribution in [0.15, 0.2) is 47.4 Å². The van der Waals surface area contributed by atoms with E-state index in [2.05, 4.69) is 48.3 Å². The van der Waals surface area contributed by atoms with Crippen LogP contribution in [0.2, 0.25) is 0 Å². The monoisotopic (exact) mass is 387 g/mol. The maximum Gasteiger partial charge on any atom is 0.234 e. The summed E-state index contributed by atoms with van der Waals surface area (Å²) in [6.45, 7) is 4.14. The van der Waals surface area contributed by atoms with Gasteiger partial charge in [0.05, 0.1) is 5.75 Å². The van der Waals surface area contributed by atoms with Crippen LogP contribution >= 0.6 is 11.8 Å². The molecule has 6 heteroatoms. The Labute approximate surface area is 164 Å². The molecule has 0 bridgehead atoms. The van der Waals surface area contributed by atoms with E-state index < -0.39 is 0 Å². The lowest BCUT2D eigenvalue weighted by atomic mass is 10.1. The Balaban J connectivity index is 1.60. The third kappa shape index (κ3) is 5.23. The van der Waals surface area contributed by atoms with Crippen molar-refractivity contribution in [2.45, 2.75) is 24.3 Å². The molecule has 0 aromatic heterocycles. The van der Waals surface area contributed by atoms with E-state index in [1.54, 1.807) is 12.1 Å². The third-order valence-corrected chi connectivity index (χ3v) is 5.92. The Kier molecular flexibility index (Phi) is 6.39. The largest absolute Gasteiger partial charge is 0.370 e. The molecular formula is C21H26FN3OS. The standard InChI is InChI=1S/C21H26FN3OS/c1-15-4-7-17(12-20(15)25-11-10-18(13-25)24(2)3)23-21(26)14-27-19-8-5-16(22)6-9-19/h4-9,12,18H,10-11,13-14H2,1-3H3,(H,23,26)/t18-/m1/s1. The minimum absolute atomic E-state index is 0.0632. The number of benzene rings is 2. The van der Waals surface area contributed by atoms with E-state index in [4.69, 9.17) is 0 Å². The number of carbonyl (C=O) groups excluding carboxylic acids is 1. The first kappa shape index (κ1) is 19.7. The molecule has 0 unspecified atom stereocenters. The number of likely N-dealkylation sites (N-methyl/N-ethyl adjacent to an activating group) is 1. The van der Waals surface area contributed by atoms with Crippen molar-refractivity contribution in [1.29, 1.82) is 0 Å². The Morgan fingerprint density at radius 2 is 2.00 bits per heavy atom. The van der Waals surface area contributed by atoms with E-state index in [0.717, 1.165) is 30.1 Å². The van der Waals surface area contributed by atoms with Gasteiger partial charge in [0.2, 0.25) is 5.91 Å². The number of nitrogens with zero attached hydrogens (tertiary/aromatic N) is 2. The third-order valence-electron chi connectivity index (χ3n) is 4.91. The van der Waals surface area contributed by atoms with Gasteiger partial charge in [0, 0.05) is 35.4 Å². The van der Waals surface area contributed by atoms with Gasteiger partial charge in [-0.3, -0.25) is 4.79 Å². The summed E-state index contributed by atoms with van der Waals surface area (Å²) in [6, 6.07) is 12.8. The number of rotatable bonds is 6. The number of nitrogens with one attached hydrogen (secondary N) is 1. The summed E-state index contributed by atoms with van der Waals surface area (Å²) in [5.74, 6) is -0.0394. The van der Waals surface area contributed by atoms with Crippen LogP contribution in [0.3, 0.4) is 0 Å². The molecule has 1 atom stereocenters. The fourth-order valence-electron chi connectivity index (χ4n) is 3.29. The van der Waals surface area contributed by atoms with Crippen molar-refractivity contribution in [3.63, 3.8) is 0 Å². The van der Waals surface area contributed by atoms with E-state index in [1.165, 1.54) is 35.1 Å². The molecule has 27 heavy (non-hydrogen) atoms. The minimum atomic E-state index is -0.269. The van der Waals surface area contributed by atoms with Crippen LogP contribution in [-0.4, -0.2) is 49.8 Å². The molecule has 3 rings (SSSR count). The maximum atomic E-state index is 12.9. The number of hydrogen-bond acceptors (Lipinski definition) is 4. The molecule has 144 valence electrons. The Morgan fingerprint density at radius 1 is 1.26 bits per heavy atom. The van der Waals surface area contributed by atoms with E-state index in [1.807, 2.05) is 6.07 Å². The summed E-state index contributed by atoms with van der Waals surface area (Å²) in [5.41, 5.74) is 3.21. The van der Waals surface area contributed by atoms with E-state index in [0.29, 0.717) is 11.8 Å². The topological polar surface area (TPSA) is 35.6 Å². The van der Waals surface area contributed by atoms with Gasteiger partial charge in [-0.2, -0.15) is 0 Å². The molecule has 1 N–H and O–H groups in total. The minimum Gasteiger partial charge on any atom is -0.370 e. The highest BCUT2D eigenvalue weighted by Crippen LogP contribution is 2.28. The summed E-state index contributed by atoms with van der Waals surface area (Å²) in [4.78, 5) is 17.8. The van der Waals surface area contributed by atoms with Crippen molar-refractivity contribution in [1.82, 2.24) is 4.90 Å². The molecule has 1 saturated heterocycles. The van der Waals surface area contributed by atoms with Gasteiger partial charge in [0.1, 0.15) is 5.82 Å². The van der Waals surface area contributed by atoms with Gasteiger partial charge in [-0.15, -0.1) is 11.8 Å². The van der Waals surface area contributed by atoms with Gasteiger partial charge in [0.15, 0.2) is 0 Å². The average Bonchev–Trinajstić information content (AvgIpc) is 3.13. The lowest BCUT2D eigenvalue weighted by molar-refractivity contribution is -0.113. The van der Waals surface area contributed by atoms with Crippen LogP contribution in [0, 0.1) is 12.7 Å². The molecular weight excluding hydrogens is 361 g/mol. The van der Waals surface area contributed by atoms with Gasteiger partial charge in [-0.05, 0) is 69.4 Å². The molecule has 1 aliphatic rings. The van der Waals surface area contributed by atoms with Crippen molar-refractivity contribution in [3.05, 3.63) is 53.8 Å². The summed E-state index contributed by atoms with van der Waals surface area (Å²) < 4.78 is 12.9. The quantitative estimate of drug-likeness (QED) is 0.760. The highest BCUT2D eigenvalue weighted by Gasteiger charge is 2.25. The highest BCUT2D eigenvalue weighted by atomic mass is 32.2. The second-order valence-electron chi connectivity index (χ2n) is 7.14. The first-order valence-electron chi connectivity index (χ1n) is 9.12. The molecule has 0 saturated carbocycles. The normalized spacial score (nSPS) is 16.8. The molecule has 0 radical (unpaired) electrons. The Hall–Kier alpha value is -2.05. The number of hydrogen-bond donors (Lipinski definition) is 1. The number of carbonyl (C=O) groups is 1. The first-order chi connectivity index (χ1) is 12.9. The predicted molar refractivity (Wildman–Crippen MR) is 111 cm³/mol. The molecule has 2 aromatic rings. The van der Waals surface area contributed by atoms with Gasteiger partial charge in [-0.25, -0.2) is 4.39 Å². The molecule has 0 aliphatic carbocycles. The van der Waals surface area contributed by atoms with Crippen LogP contribution in [0.4, 0.5) is 15.8 Å². The summed E-state index contributed by atoms with van der Waals surface area (Å²) in [6.07, 6.45) is 1.15. The second kappa shape index (κ2) is 8.76. The lowest BCUT2D eigenvalue weighted by Crippen LogP contribution is -2.31. The zero-order valence-corrected chi connectivity index (χ0v) is 16.9. The number of amides is 1. The molecule has 1 heterocycles. The van der Waals surface area contributed by atoms with E-state index >= 15 is 0 Å². The zero-order valence-electron chi connectivity index (χ0n) is 16.0. The number of aryl methyl sites for hydroxylation is 1. The second-order valence-corrected chi connectivity index (χ2v) is 8.19. The SMILES string of the molecule is Cc1ccc(NC(=O)CSc2ccc(F)cc2)cc1N1CC[C@@H](N(C)C)C1. The van der Waals surface area contributed by atoms with E-state index in [-0.39, 0.29) is 11.7 Å². The highest BCUT2D eigenvalue weighted by molar-refractivity contribution is 8.00. The van der Waals surface area contributed by atoms with Crippen molar-refractivity contribution in [2.24, 2.45) is 0 Å². The lowest BCUT2D eigenvalue weighted by Gasteiger charge is -2.24. The van der Waals surface area contributed by atoms with Crippen molar-refractivity contribution in [3.8, 4) is 0 Å². The van der Waals surface area contributed by atoms with Crippen LogP contribution < -0.4 is 10.2 Å². The van der Waals surface area contributed by atoms with Crippen LogP contribution in [-0.2, 0) is 4.79 Å². The summed E-state index contributed by atoms with van der Waals surface area (Å²) in [5, 5.41) is 2.98. The van der Waals surface area contributed by atoms with Crippen molar-refractivity contribution >= 4 is 29.0 Å². The Bertz CT molecular complexity index is 795. The van der Waals surface area contributed by atoms with Crippen LogP contribution in [0.5, 0.6) is 0 Å². The van der Waals surface area contributed by atoms with Gasteiger partial charge in [0.25, 0.3) is 0 Å². The van der Waals surface area contributed by atoms with Gasteiger partial charge < -0.3 is 15.1 Å². The predicted octanol–water partition coefficient (Wildman–Crippen LogP) is 4.01. The summed E-state index contributed by atoms with van der Waals surface area (Å²) >= 11 is 1.40. The first-order valence-corrected chi connectivity index (χ1v) is 10.1. The molecule has 2 aromatic carbocycles. The molecule has 1 aliphatic heterocycles. The summed E-state index contributed by atoms with van der Waals surface area (Å²) in [7, 11) is 4.24. The van der Waals surface area contributed by atoms with Gasteiger partial charge in [-0.1, -0.05) is 6.07 Å². The smallest absolute Gasteiger partial charge is 0.234 e. The molecule has 0 spiro atoms. The van der Waals surface area contributed by atoms with Crippen LogP contribution in [0.1, 0.15) is 12.0 Å². The van der Waals surface area contributed by atoms with Gasteiger partial charge >= 0.3 is 0 Å². The molecule has 1 fully saturated rings. The fourth-order valence-corrected chi connectivity index (χ4v) is 3.99. The van der Waals surface area contributed by atoms with Crippen molar-refractivity contribution < 1.29 is 9.18 Å². The number of anilines is 2. The Morgan fingerprint density at radius 3 is 2.67 bits per heavy atom. The fraction of sp³-hybridized carbons (Fsp3) is 0.381. The maximum absolute atomic E-state index is 12.9. The zero-order chi connectivity index (χ0) is 19.4.